The standard InChI is InChI=1S/C23H18N2O2S/c1-16(2)17-8-10-19(11-9-17)23-13-20(21(14-24)15-25)12-22(28(23,26)27)18-6-4-3-5-7-18/h3-13,16H,1-2H3. The van der Waals surface area contributed by atoms with Crippen LogP contribution in [0.2, 0.25) is 0 Å². The molecule has 0 bridgehead atoms. The second-order valence-electron chi connectivity index (χ2n) is 6.72. The van der Waals surface area contributed by atoms with Crippen molar-refractivity contribution in [1.82, 2.24) is 0 Å². The third-order valence-electron chi connectivity index (χ3n) is 4.58. The summed E-state index contributed by atoms with van der Waals surface area (Å²) in [5, 5.41) is 18.6. The molecule has 0 fully saturated rings. The van der Waals surface area contributed by atoms with Crippen molar-refractivity contribution in [2.75, 3.05) is 0 Å². The highest BCUT2D eigenvalue weighted by molar-refractivity contribution is 8.09. The van der Waals surface area contributed by atoms with Crippen LogP contribution in [0.1, 0.15) is 36.5 Å². The molecule has 3 rings (SSSR count). The molecule has 2 aromatic carbocycles. The summed E-state index contributed by atoms with van der Waals surface area (Å²) in [6.45, 7) is 4.13. The van der Waals surface area contributed by atoms with E-state index in [1.54, 1.807) is 42.5 Å². The number of hydrogen-bond acceptors (Lipinski definition) is 4. The Labute approximate surface area is 165 Å². The van der Waals surface area contributed by atoms with Gasteiger partial charge in [-0.3, -0.25) is 0 Å². The Morgan fingerprint density at radius 2 is 1.32 bits per heavy atom. The van der Waals surface area contributed by atoms with Gasteiger partial charge in [-0.25, -0.2) is 8.42 Å². The number of nitrogens with zero attached hydrogens (tertiary/aromatic N) is 2. The number of sulfone groups is 1. The lowest BCUT2D eigenvalue weighted by Crippen LogP contribution is -2.11. The zero-order chi connectivity index (χ0) is 20.3. The van der Waals surface area contributed by atoms with E-state index >= 15 is 0 Å². The van der Waals surface area contributed by atoms with Crippen molar-refractivity contribution in [3.8, 4) is 12.1 Å². The molecule has 5 heteroatoms. The van der Waals surface area contributed by atoms with Crippen LogP contribution in [0.3, 0.4) is 0 Å². The van der Waals surface area contributed by atoms with Gasteiger partial charge in [0, 0.05) is 5.57 Å². The van der Waals surface area contributed by atoms with E-state index in [2.05, 4.69) is 13.8 Å². The first-order chi connectivity index (χ1) is 13.4. The summed E-state index contributed by atoms with van der Waals surface area (Å²) in [4.78, 5) is 0.165. The minimum Gasteiger partial charge on any atom is -0.218 e. The summed E-state index contributed by atoms with van der Waals surface area (Å²) in [5.74, 6) is 0.324. The minimum atomic E-state index is -3.82. The summed E-state index contributed by atoms with van der Waals surface area (Å²) in [6, 6.07) is 19.7. The van der Waals surface area contributed by atoms with Gasteiger partial charge in [0.25, 0.3) is 0 Å². The van der Waals surface area contributed by atoms with E-state index in [9.17, 15) is 18.9 Å². The van der Waals surface area contributed by atoms with Gasteiger partial charge in [-0.05, 0) is 34.8 Å². The molecule has 0 radical (unpaired) electrons. The zero-order valence-corrected chi connectivity index (χ0v) is 16.4. The van der Waals surface area contributed by atoms with Gasteiger partial charge in [0.1, 0.15) is 17.7 Å². The molecular formula is C23H18N2O2S. The Hall–Kier alpha value is -3.41. The Balaban J connectivity index is 2.26. The molecule has 1 aliphatic rings. The smallest absolute Gasteiger partial charge is 0.207 e. The van der Waals surface area contributed by atoms with Gasteiger partial charge < -0.3 is 0 Å². The molecule has 0 aliphatic carbocycles. The number of rotatable bonds is 3. The summed E-state index contributed by atoms with van der Waals surface area (Å²) in [5.41, 5.74) is 2.31. The number of hydrogen-bond donors (Lipinski definition) is 0. The van der Waals surface area contributed by atoms with Crippen LogP contribution >= 0.6 is 0 Å². The van der Waals surface area contributed by atoms with Crippen molar-refractivity contribution in [2.24, 2.45) is 0 Å². The van der Waals surface area contributed by atoms with Crippen molar-refractivity contribution in [1.29, 1.82) is 10.5 Å². The average Bonchev–Trinajstić information content (AvgIpc) is 2.70. The van der Waals surface area contributed by atoms with Crippen LogP contribution in [-0.2, 0) is 9.84 Å². The maximum atomic E-state index is 13.4. The second-order valence-corrected chi connectivity index (χ2v) is 8.60. The van der Waals surface area contributed by atoms with E-state index in [0.29, 0.717) is 22.6 Å². The van der Waals surface area contributed by atoms with Crippen molar-refractivity contribution < 1.29 is 8.42 Å². The molecule has 4 nitrogen and oxygen atoms in total. The Bertz CT molecular complexity index is 1170. The summed E-state index contributed by atoms with van der Waals surface area (Å²) in [7, 11) is -3.82. The molecule has 1 aliphatic heterocycles. The molecule has 2 aromatic rings. The Morgan fingerprint density at radius 3 is 1.79 bits per heavy atom. The first-order valence-electron chi connectivity index (χ1n) is 8.77. The van der Waals surface area contributed by atoms with E-state index in [-0.39, 0.29) is 15.4 Å². The molecule has 1 heterocycles. The normalized spacial score (nSPS) is 15.2. The fourth-order valence-electron chi connectivity index (χ4n) is 3.01. The quantitative estimate of drug-likeness (QED) is 0.698. The molecule has 0 saturated carbocycles. The third kappa shape index (κ3) is 3.53. The van der Waals surface area contributed by atoms with Crippen LogP contribution in [0, 0.1) is 22.7 Å². The highest BCUT2D eigenvalue weighted by Gasteiger charge is 2.30. The van der Waals surface area contributed by atoms with Gasteiger partial charge in [-0.1, -0.05) is 68.4 Å². The SMILES string of the molecule is CC(C)c1ccc(C2=CC(=C(C#N)C#N)C=C(c3ccccc3)S2(=O)=O)cc1. The van der Waals surface area contributed by atoms with Gasteiger partial charge in [0.05, 0.1) is 9.81 Å². The van der Waals surface area contributed by atoms with Crippen LogP contribution in [0.5, 0.6) is 0 Å². The summed E-state index contributed by atoms with van der Waals surface area (Å²) < 4.78 is 26.7. The van der Waals surface area contributed by atoms with Gasteiger partial charge in [-0.2, -0.15) is 10.5 Å². The number of benzene rings is 2. The lowest BCUT2D eigenvalue weighted by molar-refractivity contribution is 0.614. The first kappa shape index (κ1) is 19.4. The maximum absolute atomic E-state index is 13.4. The first-order valence-corrected chi connectivity index (χ1v) is 10.3. The van der Waals surface area contributed by atoms with E-state index in [0.717, 1.165) is 5.56 Å². The highest BCUT2D eigenvalue weighted by atomic mass is 32.2. The van der Waals surface area contributed by atoms with Crippen LogP contribution in [0.4, 0.5) is 0 Å². The fraction of sp³-hybridized carbons (Fsp3) is 0.130. The fourth-order valence-corrected chi connectivity index (χ4v) is 4.70. The maximum Gasteiger partial charge on any atom is 0.207 e. The Kier molecular flexibility index (Phi) is 5.31. The molecule has 0 atom stereocenters. The van der Waals surface area contributed by atoms with Crippen LogP contribution < -0.4 is 0 Å². The van der Waals surface area contributed by atoms with Gasteiger partial charge in [-0.15, -0.1) is 0 Å². The van der Waals surface area contributed by atoms with Gasteiger partial charge >= 0.3 is 0 Å². The predicted molar refractivity (Wildman–Crippen MR) is 110 cm³/mol. The number of nitriles is 2. The summed E-state index contributed by atoms with van der Waals surface area (Å²) in [6.07, 6.45) is 2.81. The lowest BCUT2D eigenvalue weighted by atomic mass is 10.0. The molecule has 0 saturated heterocycles. The molecule has 0 unspecified atom stereocenters. The van der Waals surface area contributed by atoms with Crippen molar-refractivity contribution >= 4 is 19.6 Å². The molecule has 0 N–H and O–H groups in total. The molecule has 0 spiro atoms. The zero-order valence-electron chi connectivity index (χ0n) is 15.5. The lowest BCUT2D eigenvalue weighted by Gasteiger charge is -2.19. The summed E-state index contributed by atoms with van der Waals surface area (Å²) >= 11 is 0. The molecule has 138 valence electrons. The molecule has 28 heavy (non-hydrogen) atoms. The average molecular weight is 386 g/mol. The minimum absolute atomic E-state index is 0.0801. The second kappa shape index (κ2) is 7.68. The van der Waals surface area contributed by atoms with E-state index in [4.69, 9.17) is 0 Å². The third-order valence-corrected chi connectivity index (χ3v) is 6.45. The van der Waals surface area contributed by atoms with E-state index < -0.39 is 9.84 Å². The predicted octanol–water partition coefficient (Wildman–Crippen LogP) is 4.96. The van der Waals surface area contributed by atoms with Crippen molar-refractivity contribution in [3.63, 3.8) is 0 Å². The Morgan fingerprint density at radius 1 is 0.821 bits per heavy atom. The monoisotopic (exact) mass is 386 g/mol. The van der Waals surface area contributed by atoms with Crippen LogP contribution in [0.25, 0.3) is 9.81 Å². The molecule has 0 amide bonds. The van der Waals surface area contributed by atoms with Gasteiger partial charge in [0.15, 0.2) is 0 Å². The highest BCUT2D eigenvalue weighted by Crippen LogP contribution is 2.39. The topological polar surface area (TPSA) is 81.7 Å². The molecule has 0 aromatic heterocycles. The van der Waals surface area contributed by atoms with E-state index in [1.165, 1.54) is 12.2 Å². The van der Waals surface area contributed by atoms with Crippen molar-refractivity contribution in [3.05, 3.63) is 94.6 Å². The van der Waals surface area contributed by atoms with Crippen molar-refractivity contribution in [2.45, 2.75) is 19.8 Å². The number of allylic oxidation sites excluding steroid dienone is 4. The largest absolute Gasteiger partial charge is 0.218 e. The van der Waals surface area contributed by atoms with E-state index in [1.807, 2.05) is 24.3 Å². The van der Waals surface area contributed by atoms with Gasteiger partial charge in [0.2, 0.25) is 9.84 Å². The van der Waals surface area contributed by atoms with Crippen LogP contribution in [0.15, 0.2) is 77.9 Å². The molecular weight excluding hydrogens is 368 g/mol. The van der Waals surface area contributed by atoms with Crippen LogP contribution in [-0.4, -0.2) is 8.42 Å².